The van der Waals surface area contributed by atoms with Gasteiger partial charge >= 0.3 is 5.63 Å². The topological polar surface area (TPSA) is 144 Å². The Balaban J connectivity index is 0.927. The Kier molecular flexibility index (Phi) is 10.1. The Morgan fingerprint density at radius 2 is 1.09 bits per heavy atom. The quantitative estimate of drug-likeness (QED) is 0.0844. The normalized spacial score (nSPS) is 11.1. The van der Waals surface area contributed by atoms with Crippen LogP contribution in [0.1, 0.15) is 59.9 Å². The average molecular weight is 743 g/mol. The number of fused-ring (bicyclic) bond motifs is 1. The molecule has 0 unspecified atom stereocenters. The zero-order chi connectivity index (χ0) is 38.4. The summed E-state index contributed by atoms with van der Waals surface area (Å²) < 4.78 is 21.4. The van der Waals surface area contributed by atoms with Gasteiger partial charge in [-0.15, -0.1) is 10.2 Å². The number of benzene rings is 5. The van der Waals surface area contributed by atoms with Gasteiger partial charge in [-0.25, -0.2) is 14.2 Å². The molecular formula is C44H34N6O6. The maximum Gasteiger partial charge on any atom is 0.336 e. The van der Waals surface area contributed by atoms with Crippen LogP contribution >= 0.6 is 0 Å². The van der Waals surface area contributed by atoms with Crippen LogP contribution in [0.25, 0.3) is 11.0 Å². The van der Waals surface area contributed by atoms with Crippen LogP contribution in [0.3, 0.4) is 0 Å². The van der Waals surface area contributed by atoms with E-state index in [2.05, 4.69) is 20.6 Å². The zero-order valence-electron chi connectivity index (χ0n) is 30.2. The SMILES string of the molecule is Cc1cc(=O)oc2c(OCc3cn(Cc4ccc(C(=O)c5ccccc5)cc4)nn3)c(OCc3cn(Cc4ccc(C(=O)c5ccccc5)cc4)nn3)ccc12. The van der Waals surface area contributed by atoms with Gasteiger partial charge in [-0.1, -0.05) is 120 Å². The third-order valence-corrected chi connectivity index (χ3v) is 9.14. The lowest BCUT2D eigenvalue weighted by molar-refractivity contribution is 0.103. The van der Waals surface area contributed by atoms with Crippen molar-refractivity contribution < 1.29 is 23.5 Å². The fourth-order valence-corrected chi connectivity index (χ4v) is 6.26. The molecule has 0 aliphatic carbocycles. The first kappa shape index (κ1) is 35.6. The molecule has 0 fully saturated rings. The minimum absolute atomic E-state index is 0.0174. The van der Waals surface area contributed by atoms with Crippen LogP contribution < -0.4 is 15.1 Å². The first-order valence-electron chi connectivity index (χ1n) is 17.8. The number of ether oxygens (including phenoxy) is 2. The van der Waals surface area contributed by atoms with Crippen molar-refractivity contribution in [3.05, 3.63) is 201 Å². The minimum Gasteiger partial charge on any atom is -0.483 e. The number of ketones is 2. The average Bonchev–Trinajstić information content (AvgIpc) is 3.89. The number of carbonyl (C=O) groups is 2. The van der Waals surface area contributed by atoms with E-state index in [-0.39, 0.29) is 36.1 Å². The van der Waals surface area contributed by atoms with Gasteiger partial charge in [0, 0.05) is 33.7 Å². The van der Waals surface area contributed by atoms with Crippen LogP contribution in [0, 0.1) is 6.92 Å². The number of carbonyl (C=O) groups excluding carboxylic acids is 2. The highest BCUT2D eigenvalue weighted by Gasteiger charge is 2.18. The predicted molar refractivity (Wildman–Crippen MR) is 207 cm³/mol. The number of aryl methyl sites for hydroxylation is 1. The first-order valence-corrected chi connectivity index (χ1v) is 17.8. The molecule has 0 aliphatic rings. The number of aromatic nitrogens is 6. The summed E-state index contributed by atoms with van der Waals surface area (Å²) in [4.78, 5) is 38.0. The summed E-state index contributed by atoms with van der Waals surface area (Å²) in [6.45, 7) is 2.79. The zero-order valence-corrected chi connectivity index (χ0v) is 30.2. The van der Waals surface area contributed by atoms with Gasteiger partial charge in [0.25, 0.3) is 0 Å². The molecule has 12 nitrogen and oxygen atoms in total. The van der Waals surface area contributed by atoms with Crippen LogP contribution in [-0.4, -0.2) is 41.6 Å². The number of rotatable bonds is 14. The molecule has 0 N–H and O–H groups in total. The summed E-state index contributed by atoms with van der Waals surface area (Å²) in [5.41, 5.74) is 5.96. The molecule has 0 saturated heterocycles. The predicted octanol–water partition coefficient (Wildman–Crippen LogP) is 7.00. The van der Waals surface area contributed by atoms with Gasteiger partial charge in [-0.2, -0.15) is 0 Å². The molecule has 3 heterocycles. The molecule has 0 amide bonds. The van der Waals surface area contributed by atoms with E-state index in [9.17, 15) is 14.4 Å². The lowest BCUT2D eigenvalue weighted by Gasteiger charge is -2.14. The third-order valence-electron chi connectivity index (χ3n) is 9.14. The van der Waals surface area contributed by atoms with Gasteiger partial charge in [0.1, 0.15) is 24.6 Å². The molecule has 5 aromatic carbocycles. The minimum atomic E-state index is -0.514. The lowest BCUT2D eigenvalue weighted by Crippen LogP contribution is -2.05. The van der Waals surface area contributed by atoms with Gasteiger partial charge in [0.05, 0.1) is 25.5 Å². The van der Waals surface area contributed by atoms with Gasteiger partial charge < -0.3 is 13.9 Å². The van der Waals surface area contributed by atoms with Crippen molar-refractivity contribution in [2.45, 2.75) is 33.2 Å². The Labute approximate surface area is 320 Å². The summed E-state index contributed by atoms with van der Waals surface area (Å²) in [5.74, 6) is 0.515. The van der Waals surface area contributed by atoms with E-state index in [4.69, 9.17) is 13.9 Å². The van der Waals surface area contributed by atoms with E-state index < -0.39 is 5.63 Å². The van der Waals surface area contributed by atoms with Crippen molar-refractivity contribution in [3.8, 4) is 11.5 Å². The van der Waals surface area contributed by atoms with E-state index in [0.717, 1.165) is 16.7 Å². The Morgan fingerprint density at radius 1 is 0.607 bits per heavy atom. The molecule has 0 atom stereocenters. The van der Waals surface area contributed by atoms with Gasteiger partial charge in [0.2, 0.25) is 5.75 Å². The molecule has 8 aromatic rings. The van der Waals surface area contributed by atoms with Gasteiger partial charge in [0.15, 0.2) is 22.9 Å². The van der Waals surface area contributed by atoms with Crippen molar-refractivity contribution in [1.29, 1.82) is 0 Å². The van der Waals surface area contributed by atoms with E-state index in [0.29, 0.717) is 57.9 Å². The van der Waals surface area contributed by atoms with Crippen LogP contribution in [-0.2, 0) is 26.3 Å². The van der Waals surface area contributed by atoms with Gasteiger partial charge in [-0.05, 0) is 35.7 Å². The molecule has 0 aliphatic heterocycles. The van der Waals surface area contributed by atoms with E-state index in [1.54, 1.807) is 64.2 Å². The summed E-state index contributed by atoms with van der Waals surface area (Å²) in [6, 6.07) is 38.1. The standard InChI is InChI=1S/C44H34N6O6/c1-29-22-40(51)56-43-38(29)20-21-39(54-27-36-25-49(47-45-36)23-30-12-16-34(17-13-30)41(52)32-8-4-2-5-9-32)44(43)55-28-37-26-50(48-46-37)24-31-14-18-35(19-15-31)42(53)33-10-6-3-7-11-33/h2-22,25-26H,23-24,27-28H2,1H3. The largest absolute Gasteiger partial charge is 0.483 e. The summed E-state index contributed by atoms with van der Waals surface area (Å²) in [7, 11) is 0. The van der Waals surface area contributed by atoms with Crippen molar-refractivity contribution >= 4 is 22.5 Å². The summed E-state index contributed by atoms with van der Waals surface area (Å²) in [6.07, 6.45) is 3.55. The second-order valence-electron chi connectivity index (χ2n) is 13.2. The van der Waals surface area contributed by atoms with Crippen molar-refractivity contribution in [2.75, 3.05) is 0 Å². The number of nitrogens with zero attached hydrogens (tertiary/aromatic N) is 6. The molecule has 56 heavy (non-hydrogen) atoms. The lowest BCUT2D eigenvalue weighted by atomic mass is 10.0. The third kappa shape index (κ3) is 8.04. The Hall–Kier alpha value is -7.47. The summed E-state index contributed by atoms with van der Waals surface area (Å²) >= 11 is 0. The van der Waals surface area contributed by atoms with E-state index in [1.165, 1.54) is 6.07 Å². The van der Waals surface area contributed by atoms with Gasteiger partial charge in [-0.3, -0.25) is 9.59 Å². The molecule has 8 rings (SSSR count). The van der Waals surface area contributed by atoms with Crippen LogP contribution in [0.5, 0.6) is 11.5 Å². The Morgan fingerprint density at radius 3 is 1.61 bits per heavy atom. The summed E-state index contributed by atoms with van der Waals surface area (Å²) in [5, 5.41) is 17.8. The fourth-order valence-electron chi connectivity index (χ4n) is 6.26. The number of hydrogen-bond acceptors (Lipinski definition) is 10. The van der Waals surface area contributed by atoms with Crippen LogP contribution in [0.4, 0.5) is 0 Å². The van der Waals surface area contributed by atoms with Crippen molar-refractivity contribution in [2.24, 2.45) is 0 Å². The molecule has 0 bridgehead atoms. The van der Waals surface area contributed by atoms with E-state index in [1.807, 2.05) is 85.8 Å². The van der Waals surface area contributed by atoms with Crippen molar-refractivity contribution in [3.63, 3.8) is 0 Å². The second kappa shape index (κ2) is 15.9. The highest BCUT2D eigenvalue weighted by molar-refractivity contribution is 6.09. The smallest absolute Gasteiger partial charge is 0.336 e. The molecule has 3 aromatic heterocycles. The highest BCUT2D eigenvalue weighted by Crippen LogP contribution is 2.37. The molecule has 12 heteroatoms. The molecule has 0 spiro atoms. The second-order valence-corrected chi connectivity index (χ2v) is 13.2. The maximum absolute atomic E-state index is 12.8. The molecule has 276 valence electrons. The highest BCUT2D eigenvalue weighted by atomic mass is 16.5. The van der Waals surface area contributed by atoms with E-state index >= 15 is 0 Å². The molecular weight excluding hydrogens is 709 g/mol. The first-order chi connectivity index (χ1) is 27.4. The molecule has 0 saturated carbocycles. The monoisotopic (exact) mass is 742 g/mol. The number of hydrogen-bond donors (Lipinski definition) is 0. The van der Waals surface area contributed by atoms with Crippen molar-refractivity contribution in [1.82, 2.24) is 30.0 Å². The van der Waals surface area contributed by atoms with Crippen LogP contribution in [0.15, 0.2) is 149 Å². The van der Waals surface area contributed by atoms with Crippen LogP contribution in [0.2, 0.25) is 0 Å². The maximum atomic E-state index is 12.8. The fraction of sp³-hybridized carbons (Fsp3) is 0.114. The Bertz CT molecular complexity index is 2700. The molecule has 0 radical (unpaired) electrons.